The van der Waals surface area contributed by atoms with E-state index in [1.807, 2.05) is 0 Å². The van der Waals surface area contributed by atoms with Gasteiger partial charge in [-0.15, -0.1) is 0 Å². The molecule has 0 radical (unpaired) electrons. The van der Waals surface area contributed by atoms with Crippen molar-refractivity contribution >= 4 is 21.8 Å². The molecule has 0 aliphatic carbocycles. The molecule has 1 heterocycles. The minimum atomic E-state index is -4.56. The van der Waals surface area contributed by atoms with Gasteiger partial charge in [0.1, 0.15) is 0 Å². The fourth-order valence-electron chi connectivity index (χ4n) is 3.69. The van der Waals surface area contributed by atoms with E-state index in [-0.39, 0.29) is 34.5 Å². The SMILES string of the molecule is CC(C)NS(=O)(=O)c1ccc(C(=O)NC(CN2CCCC2=O)c2cccc(C(F)(F)F)c2)cc1. The summed E-state index contributed by atoms with van der Waals surface area (Å²) in [5.74, 6) is -0.728. The molecule has 2 aromatic carbocycles. The van der Waals surface area contributed by atoms with Crippen molar-refractivity contribution in [2.24, 2.45) is 0 Å². The van der Waals surface area contributed by atoms with Crippen LogP contribution in [0.4, 0.5) is 13.2 Å². The molecule has 3 rings (SSSR count). The lowest BCUT2D eigenvalue weighted by Crippen LogP contribution is -2.38. The Balaban J connectivity index is 1.85. The predicted molar refractivity (Wildman–Crippen MR) is 119 cm³/mol. The highest BCUT2D eigenvalue weighted by atomic mass is 32.2. The molecule has 7 nitrogen and oxygen atoms in total. The number of sulfonamides is 1. The molecule has 2 aromatic rings. The molecule has 0 saturated carbocycles. The Bertz CT molecular complexity index is 1150. The smallest absolute Gasteiger partial charge is 0.343 e. The highest BCUT2D eigenvalue weighted by Gasteiger charge is 2.32. The molecule has 2 amide bonds. The lowest BCUT2D eigenvalue weighted by atomic mass is 10.0. The summed E-state index contributed by atoms with van der Waals surface area (Å²) in [5, 5.41) is 2.70. The fraction of sp³-hybridized carbons (Fsp3) is 0.391. The third-order valence-corrected chi connectivity index (χ3v) is 6.99. The Morgan fingerprint density at radius 3 is 2.35 bits per heavy atom. The van der Waals surface area contributed by atoms with E-state index in [1.54, 1.807) is 13.8 Å². The Kier molecular flexibility index (Phi) is 7.67. The largest absolute Gasteiger partial charge is 0.416 e. The van der Waals surface area contributed by atoms with Gasteiger partial charge in [0, 0.05) is 31.1 Å². The number of halogens is 3. The van der Waals surface area contributed by atoms with Crippen molar-refractivity contribution in [3.8, 4) is 0 Å². The summed E-state index contributed by atoms with van der Waals surface area (Å²) in [4.78, 5) is 26.5. The molecule has 184 valence electrons. The third-order valence-electron chi connectivity index (χ3n) is 5.31. The molecule has 1 aliphatic heterocycles. The van der Waals surface area contributed by atoms with Crippen LogP contribution in [-0.2, 0) is 21.0 Å². The number of nitrogens with zero attached hydrogens (tertiary/aromatic N) is 1. The lowest BCUT2D eigenvalue weighted by Gasteiger charge is -2.26. The van der Waals surface area contributed by atoms with Gasteiger partial charge in [-0.05, 0) is 62.2 Å². The van der Waals surface area contributed by atoms with E-state index in [4.69, 9.17) is 0 Å². The van der Waals surface area contributed by atoms with Crippen LogP contribution >= 0.6 is 0 Å². The standard InChI is InChI=1S/C23H26F3N3O4S/c1-15(2)28-34(32,33)19-10-8-16(9-11-19)22(31)27-20(14-29-12-4-7-21(29)30)17-5-3-6-18(13-17)23(24,25)26/h3,5-6,8-11,13,15,20,28H,4,7,12,14H2,1-2H3,(H,27,31). The van der Waals surface area contributed by atoms with Gasteiger partial charge in [-0.3, -0.25) is 9.59 Å². The van der Waals surface area contributed by atoms with Crippen molar-refractivity contribution in [3.05, 3.63) is 65.2 Å². The maximum absolute atomic E-state index is 13.2. The number of benzene rings is 2. The van der Waals surface area contributed by atoms with Crippen molar-refractivity contribution in [2.75, 3.05) is 13.1 Å². The predicted octanol–water partition coefficient (Wildman–Crippen LogP) is 3.49. The quantitative estimate of drug-likeness (QED) is 0.584. The van der Waals surface area contributed by atoms with Crippen LogP contribution < -0.4 is 10.0 Å². The summed E-state index contributed by atoms with van der Waals surface area (Å²) >= 11 is 0. The molecular formula is C23H26F3N3O4S. The minimum absolute atomic E-state index is 0.0187. The monoisotopic (exact) mass is 497 g/mol. The van der Waals surface area contributed by atoms with Crippen molar-refractivity contribution in [2.45, 2.75) is 49.8 Å². The van der Waals surface area contributed by atoms with Gasteiger partial charge in [-0.1, -0.05) is 12.1 Å². The minimum Gasteiger partial charge on any atom is -0.343 e. The highest BCUT2D eigenvalue weighted by molar-refractivity contribution is 7.89. The Morgan fingerprint density at radius 2 is 1.79 bits per heavy atom. The van der Waals surface area contributed by atoms with Gasteiger partial charge in [-0.2, -0.15) is 13.2 Å². The zero-order valence-electron chi connectivity index (χ0n) is 18.7. The summed E-state index contributed by atoms with van der Waals surface area (Å²) in [7, 11) is -3.74. The second-order valence-electron chi connectivity index (χ2n) is 8.39. The van der Waals surface area contributed by atoms with Gasteiger partial charge < -0.3 is 10.2 Å². The number of likely N-dealkylation sites (tertiary alicyclic amines) is 1. The Morgan fingerprint density at radius 1 is 1.12 bits per heavy atom. The van der Waals surface area contributed by atoms with E-state index in [9.17, 15) is 31.2 Å². The van der Waals surface area contributed by atoms with Crippen molar-refractivity contribution in [1.29, 1.82) is 0 Å². The third kappa shape index (κ3) is 6.35. The molecule has 1 fully saturated rings. The van der Waals surface area contributed by atoms with E-state index in [0.717, 1.165) is 12.1 Å². The average Bonchev–Trinajstić information content (AvgIpc) is 3.16. The van der Waals surface area contributed by atoms with E-state index >= 15 is 0 Å². The zero-order chi connectivity index (χ0) is 25.1. The van der Waals surface area contributed by atoms with Crippen LogP contribution in [-0.4, -0.2) is 44.3 Å². The molecule has 1 aliphatic rings. The van der Waals surface area contributed by atoms with E-state index in [0.29, 0.717) is 19.4 Å². The zero-order valence-corrected chi connectivity index (χ0v) is 19.5. The second kappa shape index (κ2) is 10.1. The second-order valence-corrected chi connectivity index (χ2v) is 10.1. The summed E-state index contributed by atoms with van der Waals surface area (Å²) in [5.41, 5.74) is -0.513. The molecule has 11 heteroatoms. The molecule has 0 aromatic heterocycles. The van der Waals surface area contributed by atoms with Gasteiger partial charge in [0.2, 0.25) is 15.9 Å². The number of carbonyl (C=O) groups excluding carboxylic acids is 2. The maximum Gasteiger partial charge on any atom is 0.416 e. The van der Waals surface area contributed by atoms with Crippen LogP contribution in [0.3, 0.4) is 0 Å². The number of amides is 2. The number of hydrogen-bond acceptors (Lipinski definition) is 4. The maximum atomic E-state index is 13.2. The first kappa shape index (κ1) is 25.7. The van der Waals surface area contributed by atoms with Gasteiger partial charge in [0.25, 0.3) is 5.91 Å². The van der Waals surface area contributed by atoms with Crippen molar-refractivity contribution < 1.29 is 31.2 Å². The van der Waals surface area contributed by atoms with Crippen LogP contribution in [0.2, 0.25) is 0 Å². The molecule has 34 heavy (non-hydrogen) atoms. The van der Waals surface area contributed by atoms with Crippen LogP contribution in [0.15, 0.2) is 53.4 Å². The normalized spacial score (nSPS) is 15.6. The van der Waals surface area contributed by atoms with Crippen LogP contribution in [0.5, 0.6) is 0 Å². The van der Waals surface area contributed by atoms with Crippen LogP contribution in [0, 0.1) is 0 Å². The number of rotatable bonds is 8. The van der Waals surface area contributed by atoms with Crippen LogP contribution in [0.1, 0.15) is 54.2 Å². The first-order valence-corrected chi connectivity index (χ1v) is 12.2. The molecule has 1 unspecified atom stereocenters. The summed E-state index contributed by atoms with van der Waals surface area (Å²) < 4.78 is 66.7. The van der Waals surface area contributed by atoms with E-state index < -0.39 is 33.7 Å². The lowest BCUT2D eigenvalue weighted by molar-refractivity contribution is -0.137. The number of carbonyl (C=O) groups is 2. The van der Waals surface area contributed by atoms with Gasteiger partial charge in [0.15, 0.2) is 0 Å². The Hall–Kier alpha value is -2.92. The fourth-order valence-corrected chi connectivity index (χ4v) is 4.94. The summed E-state index contributed by atoms with van der Waals surface area (Å²) in [6.45, 7) is 3.84. The number of alkyl halides is 3. The first-order chi connectivity index (χ1) is 15.9. The van der Waals surface area contributed by atoms with Gasteiger partial charge in [-0.25, -0.2) is 13.1 Å². The molecule has 0 spiro atoms. The number of hydrogen-bond donors (Lipinski definition) is 2. The highest BCUT2D eigenvalue weighted by Crippen LogP contribution is 2.31. The topological polar surface area (TPSA) is 95.6 Å². The number of nitrogens with one attached hydrogen (secondary N) is 2. The van der Waals surface area contributed by atoms with Crippen molar-refractivity contribution in [3.63, 3.8) is 0 Å². The van der Waals surface area contributed by atoms with Gasteiger partial charge in [0.05, 0.1) is 16.5 Å². The molecule has 0 bridgehead atoms. The van der Waals surface area contributed by atoms with E-state index in [1.165, 1.54) is 41.3 Å². The summed E-state index contributed by atoms with van der Waals surface area (Å²) in [6, 6.07) is 8.64. The van der Waals surface area contributed by atoms with Crippen LogP contribution in [0.25, 0.3) is 0 Å². The van der Waals surface area contributed by atoms with E-state index in [2.05, 4.69) is 10.0 Å². The first-order valence-electron chi connectivity index (χ1n) is 10.7. The molecule has 2 N–H and O–H groups in total. The van der Waals surface area contributed by atoms with Gasteiger partial charge >= 0.3 is 6.18 Å². The molecule has 1 atom stereocenters. The Labute approximate surface area is 196 Å². The molecule has 1 saturated heterocycles. The van der Waals surface area contributed by atoms with Crippen molar-refractivity contribution in [1.82, 2.24) is 14.9 Å². The molecular weight excluding hydrogens is 471 g/mol. The summed E-state index contributed by atoms with van der Waals surface area (Å²) in [6.07, 6.45) is -3.56. The average molecular weight is 498 g/mol.